The fraction of sp³-hybridized carbons (Fsp3) is 0.200. The van der Waals surface area contributed by atoms with E-state index in [0.717, 1.165) is 12.8 Å². The second-order valence-electron chi connectivity index (χ2n) is 3.03. The van der Waals surface area contributed by atoms with Crippen LogP contribution in [0.1, 0.15) is 11.5 Å². The van der Waals surface area contributed by atoms with Gasteiger partial charge in [-0.15, -0.1) is 0 Å². The maximum atomic E-state index is 5.33. The third-order valence-electron chi connectivity index (χ3n) is 1.95. The normalized spacial score (nSPS) is 10.3. The van der Waals surface area contributed by atoms with Gasteiger partial charge in [-0.05, 0) is 17.1 Å². The van der Waals surface area contributed by atoms with Gasteiger partial charge in [0.2, 0.25) is 5.89 Å². The quantitative estimate of drug-likeness (QED) is 0.793. The van der Waals surface area contributed by atoms with E-state index in [9.17, 15) is 0 Å². The monoisotopic (exact) mass is 189 g/mol. The lowest BCUT2D eigenvalue weighted by Gasteiger charge is -1.96. The number of anilines is 1. The molecule has 1 aromatic heterocycles. The average molecular weight is 189 g/mol. The molecule has 0 atom stereocenters. The molecule has 72 valence electrons. The molecule has 0 aliphatic rings. The molecule has 0 aliphatic heterocycles. The molecule has 14 heavy (non-hydrogen) atoms. The molecule has 0 aliphatic carbocycles. The van der Waals surface area contributed by atoms with E-state index >= 15 is 0 Å². The van der Waals surface area contributed by atoms with Gasteiger partial charge in [-0.3, -0.25) is 0 Å². The molecular weight excluding hydrogens is 178 g/mol. The van der Waals surface area contributed by atoms with Crippen LogP contribution in [-0.2, 0) is 12.8 Å². The molecule has 2 N–H and O–H groups in total. The van der Waals surface area contributed by atoms with Gasteiger partial charge >= 0.3 is 0 Å². The van der Waals surface area contributed by atoms with Gasteiger partial charge in [0.05, 0.1) is 0 Å². The summed E-state index contributed by atoms with van der Waals surface area (Å²) in [6, 6.07) is 10.2. The van der Waals surface area contributed by atoms with Crippen molar-refractivity contribution in [2.75, 3.05) is 5.73 Å². The van der Waals surface area contributed by atoms with Crippen molar-refractivity contribution in [2.24, 2.45) is 0 Å². The lowest BCUT2D eigenvalue weighted by molar-refractivity contribution is 0.379. The Morgan fingerprint density at radius 1 is 1.14 bits per heavy atom. The minimum absolute atomic E-state index is 0.202. The van der Waals surface area contributed by atoms with Crippen molar-refractivity contribution in [1.29, 1.82) is 0 Å². The van der Waals surface area contributed by atoms with E-state index < -0.39 is 0 Å². The fourth-order valence-electron chi connectivity index (χ4n) is 1.27. The Labute approximate surface area is 81.7 Å². The first-order valence-electron chi connectivity index (χ1n) is 4.46. The van der Waals surface area contributed by atoms with Crippen LogP contribution in [0.4, 0.5) is 5.95 Å². The average Bonchev–Trinajstić information content (AvgIpc) is 2.63. The number of hydrogen-bond donors (Lipinski definition) is 1. The second-order valence-corrected chi connectivity index (χ2v) is 3.03. The summed E-state index contributed by atoms with van der Waals surface area (Å²) in [4.78, 5) is 3.93. The molecule has 2 aromatic rings. The van der Waals surface area contributed by atoms with Crippen LogP contribution in [0.15, 0.2) is 34.9 Å². The van der Waals surface area contributed by atoms with Gasteiger partial charge < -0.3 is 10.3 Å². The third kappa shape index (κ3) is 2.10. The van der Waals surface area contributed by atoms with E-state index in [1.54, 1.807) is 0 Å². The van der Waals surface area contributed by atoms with Gasteiger partial charge in [0.15, 0.2) is 0 Å². The summed E-state index contributed by atoms with van der Waals surface area (Å²) >= 11 is 0. The summed E-state index contributed by atoms with van der Waals surface area (Å²) in [5.74, 6) is 0.791. The number of rotatable bonds is 3. The van der Waals surface area contributed by atoms with Crippen LogP contribution in [0.2, 0.25) is 0 Å². The smallest absolute Gasteiger partial charge is 0.260 e. The first kappa shape index (κ1) is 8.74. The molecule has 2 rings (SSSR count). The highest BCUT2D eigenvalue weighted by Crippen LogP contribution is 2.05. The number of nitrogens with two attached hydrogens (primary N) is 1. The van der Waals surface area contributed by atoms with Gasteiger partial charge in [0.25, 0.3) is 5.95 Å². The van der Waals surface area contributed by atoms with E-state index in [2.05, 4.69) is 22.3 Å². The molecule has 1 aromatic carbocycles. The summed E-state index contributed by atoms with van der Waals surface area (Å²) in [5.41, 5.74) is 6.59. The van der Waals surface area contributed by atoms with Crippen LogP contribution in [0.25, 0.3) is 0 Å². The van der Waals surface area contributed by atoms with Gasteiger partial charge in [0.1, 0.15) is 0 Å². The zero-order valence-electron chi connectivity index (χ0n) is 7.68. The molecule has 0 saturated carbocycles. The summed E-state index contributed by atoms with van der Waals surface area (Å²) in [6.45, 7) is 0. The largest absolute Gasteiger partial charge is 0.365 e. The van der Waals surface area contributed by atoms with Crippen LogP contribution >= 0.6 is 0 Å². The summed E-state index contributed by atoms with van der Waals surface area (Å²) < 4.78 is 4.90. The number of nitrogens with zero attached hydrogens (tertiary/aromatic N) is 2. The van der Waals surface area contributed by atoms with E-state index in [-0.39, 0.29) is 5.95 Å². The van der Waals surface area contributed by atoms with Crippen molar-refractivity contribution >= 4 is 5.95 Å². The van der Waals surface area contributed by atoms with E-state index in [0.29, 0.717) is 5.89 Å². The van der Waals surface area contributed by atoms with Crippen LogP contribution in [0.3, 0.4) is 0 Å². The Morgan fingerprint density at radius 3 is 2.57 bits per heavy atom. The van der Waals surface area contributed by atoms with E-state index in [1.807, 2.05) is 18.2 Å². The number of hydrogen-bond acceptors (Lipinski definition) is 4. The Hall–Kier alpha value is -1.84. The van der Waals surface area contributed by atoms with Crippen molar-refractivity contribution in [3.63, 3.8) is 0 Å². The molecule has 0 amide bonds. The molecule has 0 spiro atoms. The standard InChI is InChI=1S/C10H11N3O/c11-10-12-9(14-13-10)7-6-8-4-2-1-3-5-8/h1-5H,6-7H2,(H2,11,13). The Kier molecular flexibility index (Phi) is 2.44. The molecule has 4 heteroatoms. The zero-order chi connectivity index (χ0) is 9.80. The van der Waals surface area contributed by atoms with Crippen LogP contribution in [-0.4, -0.2) is 10.1 Å². The third-order valence-corrected chi connectivity index (χ3v) is 1.95. The lowest BCUT2D eigenvalue weighted by Crippen LogP contribution is -1.92. The summed E-state index contributed by atoms with van der Waals surface area (Å²) in [7, 11) is 0. The molecule has 4 nitrogen and oxygen atoms in total. The molecule has 0 fully saturated rings. The minimum atomic E-state index is 0.202. The van der Waals surface area contributed by atoms with Crippen molar-refractivity contribution in [3.8, 4) is 0 Å². The van der Waals surface area contributed by atoms with Crippen molar-refractivity contribution in [1.82, 2.24) is 10.1 Å². The fourth-order valence-corrected chi connectivity index (χ4v) is 1.27. The predicted molar refractivity (Wildman–Crippen MR) is 52.6 cm³/mol. The van der Waals surface area contributed by atoms with Gasteiger partial charge in [-0.1, -0.05) is 30.3 Å². The topological polar surface area (TPSA) is 64.9 Å². The van der Waals surface area contributed by atoms with Crippen LogP contribution < -0.4 is 5.73 Å². The summed E-state index contributed by atoms with van der Waals surface area (Å²) in [5, 5.41) is 3.52. The number of aryl methyl sites for hydroxylation is 2. The maximum Gasteiger partial charge on any atom is 0.260 e. The zero-order valence-corrected chi connectivity index (χ0v) is 7.68. The van der Waals surface area contributed by atoms with Gasteiger partial charge in [-0.25, -0.2) is 0 Å². The highest BCUT2D eigenvalue weighted by Gasteiger charge is 2.02. The Balaban J connectivity index is 1.95. The van der Waals surface area contributed by atoms with Gasteiger partial charge in [0, 0.05) is 6.42 Å². The summed E-state index contributed by atoms with van der Waals surface area (Å²) in [6.07, 6.45) is 1.62. The van der Waals surface area contributed by atoms with Crippen LogP contribution in [0.5, 0.6) is 0 Å². The number of aromatic nitrogens is 2. The lowest BCUT2D eigenvalue weighted by atomic mass is 10.1. The molecule has 1 heterocycles. The van der Waals surface area contributed by atoms with Crippen molar-refractivity contribution in [2.45, 2.75) is 12.8 Å². The molecule has 0 bridgehead atoms. The predicted octanol–water partition coefficient (Wildman–Crippen LogP) is 1.44. The van der Waals surface area contributed by atoms with Crippen molar-refractivity contribution < 1.29 is 4.52 Å². The Bertz CT molecular complexity index is 397. The SMILES string of the molecule is Nc1noc(CCc2ccccc2)n1. The van der Waals surface area contributed by atoms with Crippen molar-refractivity contribution in [3.05, 3.63) is 41.8 Å². The van der Waals surface area contributed by atoms with Gasteiger partial charge in [-0.2, -0.15) is 4.98 Å². The first-order valence-corrected chi connectivity index (χ1v) is 4.46. The van der Waals surface area contributed by atoms with E-state index in [4.69, 9.17) is 10.3 Å². The molecule has 0 saturated heterocycles. The highest BCUT2D eigenvalue weighted by molar-refractivity contribution is 5.16. The first-order chi connectivity index (χ1) is 6.84. The molecule has 0 radical (unpaired) electrons. The number of nitrogen functional groups attached to an aromatic ring is 1. The second kappa shape index (κ2) is 3.91. The number of benzene rings is 1. The molecular formula is C10H11N3O. The minimum Gasteiger partial charge on any atom is -0.365 e. The highest BCUT2D eigenvalue weighted by atomic mass is 16.5. The van der Waals surface area contributed by atoms with E-state index in [1.165, 1.54) is 5.56 Å². The molecule has 0 unspecified atom stereocenters. The maximum absolute atomic E-state index is 5.33. The van der Waals surface area contributed by atoms with Crippen LogP contribution in [0, 0.1) is 0 Å². The Morgan fingerprint density at radius 2 is 1.93 bits per heavy atom.